The van der Waals surface area contributed by atoms with E-state index < -0.39 is 0 Å². The minimum Gasteiger partial charge on any atom is -0.485 e. The molecule has 5 heteroatoms. The Balaban J connectivity index is 1.65. The van der Waals surface area contributed by atoms with Gasteiger partial charge >= 0.3 is 0 Å². The van der Waals surface area contributed by atoms with Crippen molar-refractivity contribution in [3.8, 4) is 5.75 Å². The van der Waals surface area contributed by atoms with Crippen LogP contribution in [0.25, 0.3) is 21.8 Å². The van der Waals surface area contributed by atoms with Gasteiger partial charge in [-0.3, -0.25) is 0 Å². The van der Waals surface area contributed by atoms with Crippen molar-refractivity contribution >= 4 is 33.4 Å². The molecule has 1 aromatic heterocycles. The Kier molecular flexibility index (Phi) is 5.28. The lowest BCUT2D eigenvalue weighted by Gasteiger charge is -2.12. The highest BCUT2D eigenvalue weighted by Crippen LogP contribution is 2.27. The Labute approximate surface area is 163 Å². The number of benzene rings is 3. The first kappa shape index (κ1) is 17.8. The molecule has 0 amide bonds. The minimum absolute atomic E-state index is 0.381. The SMILES string of the molecule is CCOCCn1c(COc2cccc3ccccc23)nc2ccc(Cl)cc21. The van der Waals surface area contributed by atoms with E-state index in [1.165, 1.54) is 0 Å². The molecule has 0 saturated carbocycles. The third kappa shape index (κ3) is 3.77. The van der Waals surface area contributed by atoms with E-state index in [9.17, 15) is 0 Å². The summed E-state index contributed by atoms with van der Waals surface area (Å²) in [5.41, 5.74) is 1.91. The van der Waals surface area contributed by atoms with E-state index in [4.69, 9.17) is 26.1 Å². The number of aromatic nitrogens is 2. The number of fused-ring (bicyclic) bond motifs is 2. The Morgan fingerprint density at radius 2 is 1.89 bits per heavy atom. The molecule has 138 valence electrons. The summed E-state index contributed by atoms with van der Waals surface area (Å²) < 4.78 is 13.8. The standard InChI is InChI=1S/C22H21ClN2O2/c1-2-26-13-12-25-20-14-17(23)10-11-19(20)24-22(25)15-27-21-9-5-7-16-6-3-4-8-18(16)21/h3-11,14H,2,12-13,15H2,1H3. The molecular formula is C22H21ClN2O2. The van der Waals surface area contributed by atoms with Gasteiger partial charge in [-0.05, 0) is 36.6 Å². The van der Waals surface area contributed by atoms with Crippen LogP contribution in [0.15, 0.2) is 60.7 Å². The zero-order valence-electron chi connectivity index (χ0n) is 15.2. The molecule has 0 radical (unpaired) electrons. The highest BCUT2D eigenvalue weighted by molar-refractivity contribution is 6.31. The van der Waals surface area contributed by atoms with Gasteiger partial charge in [0.25, 0.3) is 0 Å². The number of nitrogens with zero attached hydrogens (tertiary/aromatic N) is 2. The molecule has 0 N–H and O–H groups in total. The van der Waals surface area contributed by atoms with Crippen molar-refractivity contribution < 1.29 is 9.47 Å². The van der Waals surface area contributed by atoms with E-state index in [0.717, 1.165) is 33.4 Å². The topological polar surface area (TPSA) is 36.3 Å². The second-order valence-electron chi connectivity index (χ2n) is 6.28. The first-order valence-electron chi connectivity index (χ1n) is 9.09. The molecule has 0 spiro atoms. The predicted octanol–water partition coefficient (Wildman–Crippen LogP) is 5.46. The van der Waals surface area contributed by atoms with Crippen LogP contribution in [0, 0.1) is 0 Å². The molecule has 3 aromatic carbocycles. The van der Waals surface area contributed by atoms with Crippen molar-refractivity contribution in [2.75, 3.05) is 13.2 Å². The molecule has 0 bridgehead atoms. The summed E-state index contributed by atoms with van der Waals surface area (Å²) in [6, 6.07) is 20.0. The number of ether oxygens (including phenoxy) is 2. The Bertz CT molecular complexity index is 1070. The smallest absolute Gasteiger partial charge is 0.148 e. The lowest BCUT2D eigenvalue weighted by molar-refractivity contribution is 0.138. The van der Waals surface area contributed by atoms with Crippen LogP contribution in [0.3, 0.4) is 0 Å². The van der Waals surface area contributed by atoms with Crippen molar-refractivity contribution in [2.45, 2.75) is 20.1 Å². The average molecular weight is 381 g/mol. The van der Waals surface area contributed by atoms with Gasteiger partial charge in [0.15, 0.2) is 0 Å². The lowest BCUT2D eigenvalue weighted by atomic mass is 10.1. The van der Waals surface area contributed by atoms with Gasteiger partial charge in [-0.25, -0.2) is 4.98 Å². The number of hydrogen-bond acceptors (Lipinski definition) is 3. The van der Waals surface area contributed by atoms with Crippen LogP contribution < -0.4 is 4.74 Å². The van der Waals surface area contributed by atoms with E-state index >= 15 is 0 Å². The highest BCUT2D eigenvalue weighted by Gasteiger charge is 2.12. The summed E-state index contributed by atoms with van der Waals surface area (Å²) in [5, 5.41) is 2.95. The van der Waals surface area contributed by atoms with Crippen LogP contribution >= 0.6 is 11.6 Å². The third-order valence-electron chi connectivity index (χ3n) is 4.56. The summed E-state index contributed by atoms with van der Waals surface area (Å²) in [5.74, 6) is 1.72. The molecule has 0 atom stereocenters. The van der Waals surface area contributed by atoms with Gasteiger partial charge in [-0.15, -0.1) is 0 Å². The lowest BCUT2D eigenvalue weighted by Crippen LogP contribution is -2.11. The quantitative estimate of drug-likeness (QED) is 0.399. The third-order valence-corrected chi connectivity index (χ3v) is 4.79. The molecule has 27 heavy (non-hydrogen) atoms. The summed E-state index contributed by atoms with van der Waals surface area (Å²) >= 11 is 6.20. The molecule has 0 fully saturated rings. The molecule has 0 aliphatic carbocycles. The highest BCUT2D eigenvalue weighted by atomic mass is 35.5. The second-order valence-corrected chi connectivity index (χ2v) is 6.71. The average Bonchev–Trinajstić information content (AvgIpc) is 3.03. The maximum absolute atomic E-state index is 6.20. The maximum atomic E-state index is 6.20. The molecule has 0 aliphatic heterocycles. The number of rotatable bonds is 7. The van der Waals surface area contributed by atoms with Crippen LogP contribution in [-0.2, 0) is 17.9 Å². The van der Waals surface area contributed by atoms with E-state index in [1.807, 2.05) is 49.4 Å². The fraction of sp³-hybridized carbons (Fsp3) is 0.227. The molecular weight excluding hydrogens is 360 g/mol. The number of imidazole rings is 1. The molecule has 0 saturated heterocycles. The van der Waals surface area contributed by atoms with Gasteiger partial charge in [-0.2, -0.15) is 0 Å². The number of halogens is 1. The predicted molar refractivity (Wildman–Crippen MR) is 110 cm³/mol. The van der Waals surface area contributed by atoms with E-state index in [1.54, 1.807) is 0 Å². The van der Waals surface area contributed by atoms with Crippen molar-refractivity contribution in [3.63, 3.8) is 0 Å². The van der Waals surface area contributed by atoms with Gasteiger partial charge < -0.3 is 14.0 Å². The summed E-state index contributed by atoms with van der Waals surface area (Å²) in [6.45, 7) is 4.39. The Morgan fingerprint density at radius 1 is 1.04 bits per heavy atom. The van der Waals surface area contributed by atoms with Gasteiger partial charge in [0.2, 0.25) is 0 Å². The monoisotopic (exact) mass is 380 g/mol. The molecule has 4 aromatic rings. The molecule has 4 rings (SSSR count). The van der Waals surface area contributed by atoms with Crippen molar-refractivity contribution in [1.29, 1.82) is 0 Å². The Morgan fingerprint density at radius 3 is 2.78 bits per heavy atom. The second kappa shape index (κ2) is 7.99. The molecule has 4 nitrogen and oxygen atoms in total. The van der Waals surface area contributed by atoms with Crippen LogP contribution in [-0.4, -0.2) is 22.8 Å². The van der Waals surface area contributed by atoms with Crippen molar-refractivity contribution in [3.05, 3.63) is 71.5 Å². The maximum Gasteiger partial charge on any atom is 0.148 e. The molecule has 1 heterocycles. The summed E-state index contributed by atoms with van der Waals surface area (Å²) in [7, 11) is 0. The molecule has 0 unspecified atom stereocenters. The van der Waals surface area contributed by atoms with Crippen molar-refractivity contribution in [2.24, 2.45) is 0 Å². The van der Waals surface area contributed by atoms with E-state index in [-0.39, 0.29) is 0 Å². The zero-order chi connectivity index (χ0) is 18.6. The fourth-order valence-corrected chi connectivity index (χ4v) is 3.44. The van der Waals surface area contributed by atoms with Crippen molar-refractivity contribution in [1.82, 2.24) is 9.55 Å². The largest absolute Gasteiger partial charge is 0.485 e. The number of hydrogen-bond donors (Lipinski definition) is 0. The van der Waals surface area contributed by atoms with Crippen LogP contribution in [0.5, 0.6) is 5.75 Å². The normalized spacial score (nSPS) is 11.3. The summed E-state index contributed by atoms with van der Waals surface area (Å²) in [4.78, 5) is 4.75. The first-order valence-corrected chi connectivity index (χ1v) is 9.47. The van der Waals surface area contributed by atoms with E-state index in [0.29, 0.717) is 31.4 Å². The van der Waals surface area contributed by atoms with Crippen LogP contribution in [0.4, 0.5) is 0 Å². The Hall–Kier alpha value is -2.56. The first-order chi connectivity index (χ1) is 13.3. The van der Waals surface area contributed by atoms with Gasteiger partial charge in [0, 0.05) is 23.6 Å². The van der Waals surface area contributed by atoms with Gasteiger partial charge in [0.1, 0.15) is 18.2 Å². The molecule has 0 aliphatic rings. The van der Waals surface area contributed by atoms with Crippen LogP contribution in [0.1, 0.15) is 12.7 Å². The van der Waals surface area contributed by atoms with Gasteiger partial charge in [-0.1, -0.05) is 48.0 Å². The minimum atomic E-state index is 0.381. The van der Waals surface area contributed by atoms with E-state index in [2.05, 4.69) is 22.8 Å². The fourth-order valence-electron chi connectivity index (χ4n) is 3.27. The zero-order valence-corrected chi connectivity index (χ0v) is 15.9. The summed E-state index contributed by atoms with van der Waals surface area (Å²) in [6.07, 6.45) is 0. The van der Waals surface area contributed by atoms with Gasteiger partial charge in [0.05, 0.1) is 17.6 Å². The van der Waals surface area contributed by atoms with Crippen LogP contribution in [0.2, 0.25) is 5.02 Å².